The van der Waals surface area contributed by atoms with Gasteiger partial charge in [0.2, 0.25) is 5.91 Å². The summed E-state index contributed by atoms with van der Waals surface area (Å²) >= 11 is 0. The van der Waals surface area contributed by atoms with Crippen LogP contribution in [0.4, 0.5) is 13.2 Å². The first-order valence-electron chi connectivity index (χ1n) is 7.16. The summed E-state index contributed by atoms with van der Waals surface area (Å²) < 4.78 is 37.6. The molecule has 1 saturated carbocycles. The monoisotopic (exact) mass is 294 g/mol. The molecule has 1 aliphatic carbocycles. The first-order chi connectivity index (χ1) is 9.38. The van der Waals surface area contributed by atoms with Crippen LogP contribution >= 0.6 is 0 Å². The lowest BCUT2D eigenvalue weighted by molar-refractivity contribution is -0.180. The maximum Gasteiger partial charge on any atom is 0.393 e. The van der Waals surface area contributed by atoms with Crippen LogP contribution in [0.3, 0.4) is 0 Å². The molecule has 0 aromatic rings. The zero-order valence-electron chi connectivity index (χ0n) is 11.2. The second kappa shape index (κ2) is 6.30. The van der Waals surface area contributed by atoms with Gasteiger partial charge >= 0.3 is 6.18 Å². The molecule has 2 aliphatic rings. The summed E-state index contributed by atoms with van der Waals surface area (Å²) in [5, 5.41) is 15.2. The minimum absolute atomic E-state index is 0.0260. The fraction of sp³-hybridized carbons (Fsp3) is 0.923. The van der Waals surface area contributed by atoms with Crippen LogP contribution in [-0.2, 0) is 4.79 Å². The quantitative estimate of drug-likeness (QED) is 0.720. The number of halogens is 3. The maximum atomic E-state index is 12.5. The zero-order valence-corrected chi connectivity index (χ0v) is 11.2. The van der Waals surface area contributed by atoms with Crippen LogP contribution in [0.25, 0.3) is 0 Å². The Bertz CT molecular complexity index is 341. The lowest BCUT2D eigenvalue weighted by atomic mass is 9.91. The normalized spacial score (nSPS) is 35.6. The number of nitrogens with one attached hydrogen (secondary N) is 2. The van der Waals surface area contributed by atoms with E-state index in [1.807, 2.05) is 0 Å². The van der Waals surface area contributed by atoms with Gasteiger partial charge in [0.25, 0.3) is 0 Å². The molecule has 2 fully saturated rings. The number of amides is 1. The molecule has 1 amide bonds. The van der Waals surface area contributed by atoms with Crippen LogP contribution in [0.15, 0.2) is 0 Å². The van der Waals surface area contributed by atoms with Gasteiger partial charge in [0, 0.05) is 6.54 Å². The second-order valence-corrected chi connectivity index (χ2v) is 5.74. The molecule has 0 radical (unpaired) electrons. The molecule has 3 N–H and O–H groups in total. The average molecular weight is 294 g/mol. The Balaban J connectivity index is 1.80. The summed E-state index contributed by atoms with van der Waals surface area (Å²) in [6.45, 7) is -0.213. The Morgan fingerprint density at radius 3 is 2.40 bits per heavy atom. The van der Waals surface area contributed by atoms with Gasteiger partial charge in [0.1, 0.15) is 0 Å². The van der Waals surface area contributed by atoms with E-state index < -0.39 is 24.2 Å². The molecule has 20 heavy (non-hydrogen) atoms. The first-order valence-corrected chi connectivity index (χ1v) is 7.16. The van der Waals surface area contributed by atoms with Gasteiger partial charge in [-0.05, 0) is 25.7 Å². The molecular formula is C13H21F3N2O2. The molecular weight excluding hydrogens is 273 g/mol. The summed E-state index contributed by atoms with van der Waals surface area (Å²) in [5.74, 6) is -1.66. The van der Waals surface area contributed by atoms with Crippen molar-refractivity contribution < 1.29 is 23.1 Å². The van der Waals surface area contributed by atoms with E-state index in [4.69, 9.17) is 0 Å². The summed E-state index contributed by atoms with van der Waals surface area (Å²) in [5.41, 5.74) is 0. The van der Waals surface area contributed by atoms with Gasteiger partial charge in [-0.2, -0.15) is 13.2 Å². The molecule has 4 unspecified atom stereocenters. The number of piperidine rings is 1. The summed E-state index contributed by atoms with van der Waals surface area (Å²) in [7, 11) is 0. The van der Waals surface area contributed by atoms with Crippen molar-refractivity contribution in [3.8, 4) is 0 Å². The molecule has 0 aromatic carbocycles. The number of hydrogen-bond donors (Lipinski definition) is 3. The Morgan fingerprint density at radius 2 is 1.85 bits per heavy atom. The third-order valence-corrected chi connectivity index (χ3v) is 4.25. The molecule has 4 atom stereocenters. The summed E-state index contributed by atoms with van der Waals surface area (Å²) in [4.78, 5) is 12.0. The van der Waals surface area contributed by atoms with E-state index in [0.29, 0.717) is 6.42 Å². The molecule has 0 bridgehead atoms. The molecule has 0 spiro atoms. The van der Waals surface area contributed by atoms with Crippen molar-refractivity contribution in [2.24, 2.45) is 5.92 Å². The van der Waals surface area contributed by atoms with Crippen LogP contribution in [0.1, 0.15) is 38.5 Å². The molecule has 1 saturated heterocycles. The van der Waals surface area contributed by atoms with Gasteiger partial charge < -0.3 is 15.7 Å². The molecule has 7 heteroatoms. The van der Waals surface area contributed by atoms with Crippen molar-refractivity contribution in [1.82, 2.24) is 10.6 Å². The van der Waals surface area contributed by atoms with Crippen molar-refractivity contribution in [1.29, 1.82) is 0 Å². The molecule has 1 heterocycles. The highest BCUT2D eigenvalue weighted by atomic mass is 19.4. The van der Waals surface area contributed by atoms with Crippen molar-refractivity contribution in [3.05, 3.63) is 0 Å². The standard InChI is InChI=1S/C13H21F3N2O2/c14-13(15,16)8-5-6-10(17-7-8)12(20)18-9-3-1-2-4-11(9)19/h8-11,17,19H,1-7H2,(H,18,20). The third-order valence-electron chi connectivity index (χ3n) is 4.25. The van der Waals surface area contributed by atoms with Crippen LogP contribution in [0.5, 0.6) is 0 Å². The second-order valence-electron chi connectivity index (χ2n) is 5.74. The predicted octanol–water partition coefficient (Wildman–Crippen LogP) is 1.34. The van der Waals surface area contributed by atoms with Crippen molar-refractivity contribution in [2.45, 2.75) is 62.9 Å². The minimum atomic E-state index is -4.20. The fourth-order valence-electron chi connectivity index (χ4n) is 2.92. The molecule has 4 nitrogen and oxygen atoms in total. The van der Waals surface area contributed by atoms with E-state index in [1.54, 1.807) is 0 Å². The zero-order chi connectivity index (χ0) is 14.8. The Morgan fingerprint density at radius 1 is 1.15 bits per heavy atom. The van der Waals surface area contributed by atoms with Gasteiger partial charge in [0.05, 0.1) is 24.1 Å². The Kier molecular flexibility index (Phi) is 4.90. The molecule has 1 aliphatic heterocycles. The van der Waals surface area contributed by atoms with Crippen LogP contribution in [0.2, 0.25) is 0 Å². The summed E-state index contributed by atoms with van der Waals surface area (Å²) in [6, 6.07) is -0.846. The number of rotatable bonds is 2. The molecule has 116 valence electrons. The highest BCUT2D eigenvalue weighted by Crippen LogP contribution is 2.32. The lowest BCUT2D eigenvalue weighted by Gasteiger charge is -2.33. The number of aliphatic hydroxyl groups excluding tert-OH is 1. The molecule has 2 rings (SSSR count). The maximum absolute atomic E-state index is 12.5. The van der Waals surface area contributed by atoms with Gasteiger partial charge in [-0.1, -0.05) is 12.8 Å². The highest BCUT2D eigenvalue weighted by molar-refractivity contribution is 5.82. The van der Waals surface area contributed by atoms with Crippen LogP contribution < -0.4 is 10.6 Å². The lowest BCUT2D eigenvalue weighted by Crippen LogP contribution is -2.55. The van der Waals surface area contributed by atoms with E-state index in [1.165, 1.54) is 0 Å². The van der Waals surface area contributed by atoms with Crippen LogP contribution in [-0.4, -0.2) is 41.9 Å². The number of carbonyl (C=O) groups excluding carboxylic acids is 1. The van der Waals surface area contributed by atoms with E-state index in [0.717, 1.165) is 19.3 Å². The number of aliphatic hydroxyl groups is 1. The topological polar surface area (TPSA) is 61.4 Å². The van der Waals surface area contributed by atoms with E-state index in [-0.39, 0.29) is 31.3 Å². The fourth-order valence-corrected chi connectivity index (χ4v) is 2.92. The minimum Gasteiger partial charge on any atom is -0.391 e. The van der Waals surface area contributed by atoms with Gasteiger partial charge in [-0.3, -0.25) is 4.79 Å². The Hall–Kier alpha value is -0.820. The van der Waals surface area contributed by atoms with Crippen molar-refractivity contribution in [2.75, 3.05) is 6.54 Å². The third kappa shape index (κ3) is 3.85. The first kappa shape index (κ1) is 15.6. The van der Waals surface area contributed by atoms with Crippen molar-refractivity contribution >= 4 is 5.91 Å². The van der Waals surface area contributed by atoms with Gasteiger partial charge in [-0.15, -0.1) is 0 Å². The van der Waals surface area contributed by atoms with Gasteiger partial charge in [0.15, 0.2) is 0 Å². The predicted molar refractivity (Wildman–Crippen MR) is 67.0 cm³/mol. The average Bonchev–Trinajstić information content (AvgIpc) is 2.40. The van der Waals surface area contributed by atoms with Gasteiger partial charge in [-0.25, -0.2) is 0 Å². The SMILES string of the molecule is O=C(NC1CCCCC1O)C1CCC(C(F)(F)F)CN1. The van der Waals surface area contributed by atoms with Crippen LogP contribution in [0, 0.1) is 5.92 Å². The number of carbonyl (C=O) groups is 1. The van der Waals surface area contributed by atoms with Crippen molar-refractivity contribution in [3.63, 3.8) is 0 Å². The summed E-state index contributed by atoms with van der Waals surface area (Å²) in [6.07, 6.45) is -1.30. The largest absolute Gasteiger partial charge is 0.393 e. The Labute approximate surface area is 116 Å². The number of alkyl halides is 3. The van der Waals surface area contributed by atoms with E-state index in [2.05, 4.69) is 10.6 Å². The highest BCUT2D eigenvalue weighted by Gasteiger charge is 2.42. The van der Waals surface area contributed by atoms with E-state index >= 15 is 0 Å². The number of hydrogen-bond acceptors (Lipinski definition) is 3. The molecule has 0 aromatic heterocycles. The smallest absolute Gasteiger partial charge is 0.391 e. The van der Waals surface area contributed by atoms with E-state index in [9.17, 15) is 23.1 Å².